The normalized spacial score (nSPS) is 20.8. The first-order valence-electron chi connectivity index (χ1n) is 3.63. The Labute approximate surface area is 71.6 Å². The predicted molar refractivity (Wildman–Crippen MR) is 46.5 cm³/mol. The highest BCUT2D eigenvalue weighted by Gasteiger charge is 2.18. The van der Waals surface area contributed by atoms with Crippen LogP contribution in [0.2, 0.25) is 0 Å². The molecule has 1 aliphatic rings. The second-order valence-corrected chi connectivity index (χ2v) is 2.33. The van der Waals surface area contributed by atoms with Gasteiger partial charge in [0, 0.05) is 6.20 Å². The highest BCUT2D eigenvalue weighted by Crippen LogP contribution is 2.10. The smallest absolute Gasteiger partial charge is 0.414 e. The summed E-state index contributed by atoms with van der Waals surface area (Å²) >= 11 is 0. The number of rotatable bonds is 1. The van der Waals surface area contributed by atoms with Crippen LogP contribution in [0.25, 0.3) is 0 Å². The van der Waals surface area contributed by atoms with E-state index in [0.29, 0.717) is 0 Å². The summed E-state index contributed by atoms with van der Waals surface area (Å²) < 4.78 is 4.58. The average Bonchev–Trinajstić information content (AvgIpc) is 2.16. The molecule has 0 spiro atoms. The quantitative estimate of drug-likeness (QED) is 0.553. The van der Waals surface area contributed by atoms with E-state index < -0.39 is 0 Å². The predicted octanol–water partition coefficient (Wildman–Crippen LogP) is 1.69. The lowest BCUT2D eigenvalue weighted by Crippen LogP contribution is -2.34. The third-order valence-corrected chi connectivity index (χ3v) is 1.61. The summed E-state index contributed by atoms with van der Waals surface area (Å²) in [6.07, 6.45) is 8.47. The summed E-state index contributed by atoms with van der Waals surface area (Å²) in [6, 6.07) is -0.0950. The molecular weight excluding hydrogens is 154 g/mol. The van der Waals surface area contributed by atoms with Crippen LogP contribution in [0.15, 0.2) is 37.1 Å². The van der Waals surface area contributed by atoms with E-state index in [9.17, 15) is 4.79 Å². The van der Waals surface area contributed by atoms with Gasteiger partial charge in [-0.2, -0.15) is 0 Å². The van der Waals surface area contributed by atoms with E-state index in [1.165, 1.54) is 12.0 Å². The fourth-order valence-corrected chi connectivity index (χ4v) is 0.993. The van der Waals surface area contributed by atoms with Crippen LogP contribution < -0.4 is 0 Å². The van der Waals surface area contributed by atoms with Crippen molar-refractivity contribution in [2.45, 2.75) is 6.04 Å². The Hall–Kier alpha value is -1.51. The second kappa shape index (κ2) is 3.76. The summed E-state index contributed by atoms with van der Waals surface area (Å²) in [5.41, 5.74) is 0. The standard InChI is InChI=1S/C9H11NO2/c1-3-8-6-4-5-7-10(8)9(11)12-2/h3-8H,1H2,2H3. The summed E-state index contributed by atoms with van der Waals surface area (Å²) in [6.45, 7) is 3.62. The molecule has 0 aliphatic carbocycles. The van der Waals surface area contributed by atoms with Crippen molar-refractivity contribution in [3.8, 4) is 0 Å². The molecule has 3 heteroatoms. The second-order valence-electron chi connectivity index (χ2n) is 2.33. The van der Waals surface area contributed by atoms with Crippen molar-refractivity contribution in [2.24, 2.45) is 0 Å². The lowest BCUT2D eigenvalue weighted by atomic mass is 10.2. The molecule has 12 heavy (non-hydrogen) atoms. The molecule has 1 rings (SSSR count). The summed E-state index contributed by atoms with van der Waals surface area (Å²) in [7, 11) is 1.36. The molecule has 1 atom stereocenters. The maximum absolute atomic E-state index is 11.1. The van der Waals surface area contributed by atoms with Gasteiger partial charge in [-0.1, -0.05) is 18.2 Å². The van der Waals surface area contributed by atoms with Gasteiger partial charge in [0.1, 0.15) is 0 Å². The van der Waals surface area contributed by atoms with E-state index in [0.717, 1.165) is 0 Å². The topological polar surface area (TPSA) is 29.5 Å². The number of hydrogen-bond acceptors (Lipinski definition) is 2. The minimum atomic E-state index is -0.375. The molecule has 1 aliphatic heterocycles. The monoisotopic (exact) mass is 165 g/mol. The maximum atomic E-state index is 11.1. The Morgan fingerprint density at radius 2 is 2.42 bits per heavy atom. The van der Waals surface area contributed by atoms with Gasteiger partial charge in [-0.3, -0.25) is 4.90 Å². The number of amides is 1. The van der Waals surface area contributed by atoms with Gasteiger partial charge in [0.05, 0.1) is 13.2 Å². The highest BCUT2D eigenvalue weighted by molar-refractivity contribution is 5.70. The van der Waals surface area contributed by atoms with Crippen LogP contribution in [-0.2, 0) is 4.74 Å². The Morgan fingerprint density at radius 1 is 1.67 bits per heavy atom. The first-order chi connectivity index (χ1) is 5.79. The molecule has 0 bridgehead atoms. The van der Waals surface area contributed by atoms with Gasteiger partial charge < -0.3 is 4.74 Å². The lowest BCUT2D eigenvalue weighted by molar-refractivity contribution is 0.137. The van der Waals surface area contributed by atoms with Crippen molar-refractivity contribution >= 4 is 6.09 Å². The largest absolute Gasteiger partial charge is 0.452 e. The van der Waals surface area contributed by atoms with Gasteiger partial charge in [0.25, 0.3) is 0 Å². The van der Waals surface area contributed by atoms with Crippen molar-refractivity contribution in [1.82, 2.24) is 4.90 Å². The Bertz CT molecular complexity index is 243. The number of allylic oxidation sites excluding steroid dienone is 2. The Balaban J connectivity index is 2.75. The average molecular weight is 165 g/mol. The first-order valence-corrected chi connectivity index (χ1v) is 3.63. The summed E-state index contributed by atoms with van der Waals surface area (Å²) in [5, 5.41) is 0. The highest BCUT2D eigenvalue weighted by atomic mass is 16.5. The van der Waals surface area contributed by atoms with Crippen LogP contribution in [0.4, 0.5) is 4.79 Å². The van der Waals surface area contributed by atoms with Gasteiger partial charge in [0.15, 0.2) is 0 Å². The molecule has 1 amide bonds. The molecule has 1 unspecified atom stereocenters. The van der Waals surface area contributed by atoms with Crippen molar-refractivity contribution in [3.63, 3.8) is 0 Å². The SMILES string of the molecule is C=CC1C=CC=CN1C(=O)OC. The van der Waals surface area contributed by atoms with Crippen molar-refractivity contribution < 1.29 is 9.53 Å². The minimum Gasteiger partial charge on any atom is -0.452 e. The third kappa shape index (κ3) is 1.56. The van der Waals surface area contributed by atoms with Crippen LogP contribution in [0.1, 0.15) is 0 Å². The molecule has 0 aromatic carbocycles. The molecule has 0 fully saturated rings. The Kier molecular flexibility index (Phi) is 2.69. The van der Waals surface area contributed by atoms with Crippen molar-refractivity contribution in [3.05, 3.63) is 37.1 Å². The number of ether oxygens (including phenoxy) is 1. The molecule has 64 valence electrons. The lowest BCUT2D eigenvalue weighted by Gasteiger charge is -2.24. The zero-order chi connectivity index (χ0) is 8.97. The molecular formula is C9H11NO2. The molecule has 0 radical (unpaired) electrons. The molecule has 1 heterocycles. The fraction of sp³-hybridized carbons (Fsp3) is 0.222. The van der Waals surface area contributed by atoms with Crippen LogP contribution in [0.5, 0.6) is 0 Å². The van der Waals surface area contributed by atoms with Gasteiger partial charge >= 0.3 is 6.09 Å². The van der Waals surface area contributed by atoms with E-state index in [1.807, 2.05) is 12.2 Å². The van der Waals surface area contributed by atoms with Gasteiger partial charge in [0.2, 0.25) is 0 Å². The number of hydrogen-bond donors (Lipinski definition) is 0. The van der Waals surface area contributed by atoms with E-state index >= 15 is 0 Å². The molecule has 3 nitrogen and oxygen atoms in total. The number of methoxy groups -OCH3 is 1. The minimum absolute atomic E-state index is 0.0950. The van der Waals surface area contributed by atoms with Crippen LogP contribution >= 0.6 is 0 Å². The van der Waals surface area contributed by atoms with Gasteiger partial charge in [-0.15, -0.1) is 6.58 Å². The molecule has 0 N–H and O–H groups in total. The molecule has 0 aromatic rings. The fourth-order valence-electron chi connectivity index (χ4n) is 0.993. The summed E-state index contributed by atoms with van der Waals surface area (Å²) in [5.74, 6) is 0. The third-order valence-electron chi connectivity index (χ3n) is 1.61. The number of carbonyl (C=O) groups is 1. The van der Waals surface area contributed by atoms with E-state index in [2.05, 4.69) is 11.3 Å². The zero-order valence-corrected chi connectivity index (χ0v) is 6.93. The van der Waals surface area contributed by atoms with Crippen molar-refractivity contribution in [1.29, 1.82) is 0 Å². The van der Waals surface area contributed by atoms with Gasteiger partial charge in [-0.05, 0) is 6.08 Å². The zero-order valence-electron chi connectivity index (χ0n) is 6.93. The van der Waals surface area contributed by atoms with E-state index in [-0.39, 0.29) is 12.1 Å². The molecule has 0 saturated carbocycles. The van der Waals surface area contributed by atoms with Gasteiger partial charge in [-0.25, -0.2) is 4.79 Å². The number of carbonyl (C=O) groups excluding carboxylic acids is 1. The number of nitrogens with zero attached hydrogens (tertiary/aromatic N) is 1. The molecule has 0 aromatic heterocycles. The van der Waals surface area contributed by atoms with E-state index in [1.54, 1.807) is 18.4 Å². The first kappa shape index (κ1) is 8.59. The van der Waals surface area contributed by atoms with Crippen LogP contribution in [0.3, 0.4) is 0 Å². The van der Waals surface area contributed by atoms with Crippen LogP contribution in [-0.4, -0.2) is 24.1 Å². The summed E-state index contributed by atoms with van der Waals surface area (Å²) in [4.78, 5) is 12.6. The van der Waals surface area contributed by atoms with Crippen molar-refractivity contribution in [2.75, 3.05) is 7.11 Å². The Morgan fingerprint density at radius 3 is 3.00 bits per heavy atom. The van der Waals surface area contributed by atoms with Crippen LogP contribution in [0, 0.1) is 0 Å². The maximum Gasteiger partial charge on any atom is 0.414 e. The molecule has 0 saturated heterocycles. The van der Waals surface area contributed by atoms with E-state index in [4.69, 9.17) is 0 Å².